The zero-order valence-electron chi connectivity index (χ0n) is 12.9. The van der Waals surface area contributed by atoms with E-state index >= 15 is 0 Å². The number of nitrogens with one attached hydrogen (secondary N) is 2. The molecule has 1 fully saturated rings. The van der Waals surface area contributed by atoms with E-state index in [4.69, 9.17) is 0 Å². The van der Waals surface area contributed by atoms with Crippen molar-refractivity contribution in [3.05, 3.63) is 31.9 Å². The van der Waals surface area contributed by atoms with Gasteiger partial charge in [-0.3, -0.25) is 14.9 Å². The summed E-state index contributed by atoms with van der Waals surface area (Å²) in [6.45, 7) is 8.41. The number of fused-ring (bicyclic) bond motifs is 1. The van der Waals surface area contributed by atoms with Crippen molar-refractivity contribution in [2.24, 2.45) is 0 Å². The summed E-state index contributed by atoms with van der Waals surface area (Å²) in [5.41, 5.74) is 1.86. The van der Waals surface area contributed by atoms with Gasteiger partial charge in [0, 0.05) is 17.1 Å². The van der Waals surface area contributed by atoms with Crippen LogP contribution in [0.1, 0.15) is 34.7 Å². The third-order valence-corrected chi connectivity index (χ3v) is 5.49. The average molecular weight is 319 g/mol. The number of hydrogen-bond donors (Lipinski definition) is 2. The SMILES string of the molecule is CCn1c(C)c(C2NC(=O)NC2=O)c(=O)c2c(C)c(C)sc21. The van der Waals surface area contributed by atoms with Crippen LogP contribution in [-0.4, -0.2) is 16.5 Å². The normalized spacial score (nSPS) is 17.9. The molecule has 7 heteroatoms. The first-order valence-corrected chi connectivity index (χ1v) is 7.92. The van der Waals surface area contributed by atoms with Gasteiger partial charge < -0.3 is 9.88 Å². The van der Waals surface area contributed by atoms with E-state index in [-0.39, 0.29) is 5.43 Å². The summed E-state index contributed by atoms with van der Waals surface area (Å²) in [5.74, 6) is -0.475. The van der Waals surface area contributed by atoms with E-state index in [1.165, 1.54) is 0 Å². The van der Waals surface area contributed by atoms with Crippen molar-refractivity contribution in [2.45, 2.75) is 40.3 Å². The fraction of sp³-hybridized carbons (Fsp3) is 0.400. The van der Waals surface area contributed by atoms with E-state index in [0.717, 1.165) is 21.0 Å². The molecule has 1 saturated heterocycles. The summed E-state index contributed by atoms with van der Waals surface area (Å²) in [6.07, 6.45) is 0. The Bertz CT molecular complexity index is 879. The zero-order valence-corrected chi connectivity index (χ0v) is 13.7. The lowest BCUT2D eigenvalue weighted by molar-refractivity contribution is -0.120. The molecule has 0 spiro atoms. The predicted molar refractivity (Wildman–Crippen MR) is 85.4 cm³/mol. The Hall–Kier alpha value is -2.15. The van der Waals surface area contributed by atoms with Crippen molar-refractivity contribution in [1.29, 1.82) is 0 Å². The first-order valence-electron chi connectivity index (χ1n) is 7.11. The predicted octanol–water partition coefficient (Wildman–Crippen LogP) is 1.89. The van der Waals surface area contributed by atoms with Gasteiger partial charge in [0.2, 0.25) is 0 Å². The van der Waals surface area contributed by atoms with Crippen LogP contribution in [-0.2, 0) is 11.3 Å². The zero-order chi connectivity index (χ0) is 16.2. The van der Waals surface area contributed by atoms with E-state index in [0.29, 0.717) is 17.5 Å². The van der Waals surface area contributed by atoms with Gasteiger partial charge >= 0.3 is 6.03 Å². The fourth-order valence-corrected chi connectivity index (χ4v) is 4.27. The molecular weight excluding hydrogens is 302 g/mol. The number of carbonyl (C=O) groups is 2. The second-order valence-corrected chi connectivity index (χ2v) is 6.63. The van der Waals surface area contributed by atoms with Gasteiger partial charge in [0.15, 0.2) is 5.43 Å². The van der Waals surface area contributed by atoms with Crippen LogP contribution in [0.15, 0.2) is 4.79 Å². The molecular formula is C15H17N3O3S. The molecule has 1 aliphatic heterocycles. The summed E-state index contributed by atoms with van der Waals surface area (Å²) in [7, 11) is 0. The van der Waals surface area contributed by atoms with Crippen molar-refractivity contribution in [1.82, 2.24) is 15.2 Å². The number of aromatic nitrogens is 1. The monoisotopic (exact) mass is 319 g/mol. The summed E-state index contributed by atoms with van der Waals surface area (Å²) >= 11 is 1.59. The van der Waals surface area contributed by atoms with Crippen LogP contribution >= 0.6 is 11.3 Å². The Kier molecular flexibility index (Phi) is 3.32. The minimum Gasteiger partial charge on any atom is -0.336 e. The number of rotatable bonds is 2. The second kappa shape index (κ2) is 4.95. The van der Waals surface area contributed by atoms with E-state index in [2.05, 4.69) is 10.6 Å². The molecule has 0 aliphatic carbocycles. The van der Waals surface area contributed by atoms with E-state index in [9.17, 15) is 14.4 Å². The molecule has 3 amide bonds. The highest BCUT2D eigenvalue weighted by atomic mass is 32.1. The molecule has 0 bridgehead atoms. The molecule has 6 nitrogen and oxygen atoms in total. The number of urea groups is 1. The smallest absolute Gasteiger partial charge is 0.322 e. The lowest BCUT2D eigenvalue weighted by Crippen LogP contribution is -2.29. The lowest BCUT2D eigenvalue weighted by atomic mass is 10.0. The van der Waals surface area contributed by atoms with E-state index < -0.39 is 18.0 Å². The third kappa shape index (κ3) is 1.89. The summed E-state index contributed by atoms with van der Waals surface area (Å²) in [5, 5.41) is 5.38. The maximum Gasteiger partial charge on any atom is 0.322 e. The molecule has 22 heavy (non-hydrogen) atoms. The molecule has 1 atom stereocenters. The number of nitrogens with zero attached hydrogens (tertiary/aromatic N) is 1. The first kappa shape index (κ1) is 14.8. The van der Waals surface area contributed by atoms with E-state index in [1.807, 2.05) is 32.3 Å². The van der Waals surface area contributed by atoms with E-state index in [1.54, 1.807) is 11.3 Å². The molecule has 0 saturated carbocycles. The maximum absolute atomic E-state index is 13.0. The lowest BCUT2D eigenvalue weighted by Gasteiger charge is -2.17. The summed E-state index contributed by atoms with van der Waals surface area (Å²) < 4.78 is 2.04. The second-order valence-electron chi connectivity index (χ2n) is 5.43. The van der Waals surface area contributed by atoms with Crippen LogP contribution in [0, 0.1) is 20.8 Å². The van der Waals surface area contributed by atoms with Crippen molar-refractivity contribution >= 4 is 33.5 Å². The van der Waals surface area contributed by atoms with Gasteiger partial charge in [-0.2, -0.15) is 0 Å². The largest absolute Gasteiger partial charge is 0.336 e. The number of thiophene rings is 1. The number of hydrogen-bond acceptors (Lipinski definition) is 4. The maximum atomic E-state index is 13.0. The number of pyridine rings is 1. The van der Waals surface area contributed by atoms with Gasteiger partial charge in [-0.1, -0.05) is 0 Å². The minimum atomic E-state index is -0.915. The molecule has 1 unspecified atom stereocenters. The number of imide groups is 1. The highest BCUT2D eigenvalue weighted by Gasteiger charge is 2.35. The Morgan fingerprint density at radius 1 is 1.18 bits per heavy atom. The Labute approximate surface area is 131 Å². The van der Waals surface area contributed by atoms with Gasteiger partial charge in [-0.05, 0) is 33.3 Å². The highest BCUT2D eigenvalue weighted by molar-refractivity contribution is 7.18. The van der Waals surface area contributed by atoms with Crippen molar-refractivity contribution in [2.75, 3.05) is 0 Å². The van der Waals surface area contributed by atoms with Crippen LogP contribution in [0.3, 0.4) is 0 Å². The molecule has 2 aromatic heterocycles. The minimum absolute atomic E-state index is 0.165. The van der Waals surface area contributed by atoms with Gasteiger partial charge in [-0.15, -0.1) is 11.3 Å². The van der Waals surface area contributed by atoms with Crippen molar-refractivity contribution in [3.63, 3.8) is 0 Å². The van der Waals surface area contributed by atoms with Crippen LogP contribution in [0.25, 0.3) is 10.2 Å². The Morgan fingerprint density at radius 3 is 2.41 bits per heavy atom. The number of amides is 3. The van der Waals surface area contributed by atoms with Crippen LogP contribution in [0.2, 0.25) is 0 Å². The molecule has 2 aromatic rings. The molecule has 0 radical (unpaired) electrons. The highest BCUT2D eigenvalue weighted by Crippen LogP contribution is 2.31. The van der Waals surface area contributed by atoms with Crippen molar-refractivity contribution in [3.8, 4) is 0 Å². The van der Waals surface area contributed by atoms with Crippen LogP contribution < -0.4 is 16.1 Å². The fourth-order valence-electron chi connectivity index (χ4n) is 3.00. The molecule has 0 aromatic carbocycles. The molecule has 3 rings (SSSR count). The van der Waals surface area contributed by atoms with Gasteiger partial charge in [0.05, 0.1) is 10.9 Å². The van der Waals surface area contributed by atoms with Crippen molar-refractivity contribution < 1.29 is 9.59 Å². The summed E-state index contributed by atoms with van der Waals surface area (Å²) in [6, 6.07) is -1.48. The van der Waals surface area contributed by atoms with Gasteiger partial charge in [0.1, 0.15) is 10.9 Å². The Balaban J connectivity index is 2.40. The number of aryl methyl sites for hydroxylation is 3. The third-order valence-electron chi connectivity index (χ3n) is 4.26. The molecule has 3 heterocycles. The quantitative estimate of drug-likeness (QED) is 0.830. The molecule has 116 valence electrons. The van der Waals surface area contributed by atoms with Crippen LogP contribution in [0.4, 0.5) is 4.79 Å². The Morgan fingerprint density at radius 2 is 1.86 bits per heavy atom. The topological polar surface area (TPSA) is 80.2 Å². The average Bonchev–Trinajstić information content (AvgIpc) is 2.91. The van der Waals surface area contributed by atoms with Crippen LogP contribution in [0.5, 0.6) is 0 Å². The summed E-state index contributed by atoms with van der Waals surface area (Å²) in [4.78, 5) is 38.3. The first-order chi connectivity index (χ1) is 10.4. The van der Waals surface area contributed by atoms with Gasteiger partial charge in [-0.25, -0.2) is 4.79 Å². The molecule has 1 aliphatic rings. The van der Waals surface area contributed by atoms with Gasteiger partial charge in [0.25, 0.3) is 5.91 Å². The molecule has 2 N–H and O–H groups in total. The number of carbonyl (C=O) groups excluding carboxylic acids is 2. The standard InChI is InChI=1S/C15H17N3O3S/c1-5-18-7(3)10(11-13(20)17-15(21)16-11)12(19)9-6(2)8(4)22-14(9)18/h11H,5H2,1-4H3,(H2,16,17,20,21).